The SMILES string of the molecule is CN(Cc1nccn1C)C(=O)N1CCC(C)(C(=O)O)C1. The quantitative estimate of drug-likeness (QED) is 0.887. The van der Waals surface area contributed by atoms with Crippen molar-refractivity contribution in [2.45, 2.75) is 19.9 Å². The Balaban J connectivity index is 1.98. The van der Waals surface area contributed by atoms with Gasteiger partial charge in [-0.1, -0.05) is 0 Å². The number of aromatic nitrogens is 2. The second kappa shape index (κ2) is 5.15. The van der Waals surface area contributed by atoms with Crippen LogP contribution in [-0.4, -0.2) is 56.6 Å². The van der Waals surface area contributed by atoms with E-state index < -0.39 is 11.4 Å². The number of rotatable bonds is 3. The first-order valence-corrected chi connectivity index (χ1v) is 6.53. The number of carboxylic acids is 1. The molecule has 2 rings (SSSR count). The molecule has 1 N–H and O–H groups in total. The molecule has 1 atom stereocenters. The van der Waals surface area contributed by atoms with Gasteiger partial charge < -0.3 is 19.5 Å². The summed E-state index contributed by atoms with van der Waals surface area (Å²) in [7, 11) is 3.57. The van der Waals surface area contributed by atoms with Crippen LogP contribution in [-0.2, 0) is 18.4 Å². The zero-order valence-corrected chi connectivity index (χ0v) is 12.0. The summed E-state index contributed by atoms with van der Waals surface area (Å²) in [4.78, 5) is 30.9. The summed E-state index contributed by atoms with van der Waals surface area (Å²) in [5.74, 6) is -0.0550. The third-order valence-electron chi connectivity index (χ3n) is 3.89. The Kier molecular flexibility index (Phi) is 3.69. The maximum absolute atomic E-state index is 12.3. The molecule has 1 saturated heterocycles. The molecule has 1 aromatic rings. The predicted octanol–water partition coefficient (Wildman–Crippen LogP) is 0.769. The predicted molar refractivity (Wildman–Crippen MR) is 72.0 cm³/mol. The van der Waals surface area contributed by atoms with Crippen LogP contribution in [0.2, 0.25) is 0 Å². The fourth-order valence-electron chi connectivity index (χ4n) is 2.37. The average molecular weight is 280 g/mol. The van der Waals surface area contributed by atoms with Gasteiger partial charge in [0.1, 0.15) is 5.82 Å². The molecule has 7 heteroatoms. The molecule has 20 heavy (non-hydrogen) atoms. The van der Waals surface area contributed by atoms with Crippen LogP contribution in [0.5, 0.6) is 0 Å². The van der Waals surface area contributed by atoms with E-state index >= 15 is 0 Å². The van der Waals surface area contributed by atoms with Gasteiger partial charge in [-0.15, -0.1) is 0 Å². The van der Waals surface area contributed by atoms with Crippen molar-refractivity contribution in [3.63, 3.8) is 0 Å². The normalized spacial score (nSPS) is 22.1. The molecule has 0 bridgehead atoms. The lowest BCUT2D eigenvalue weighted by atomic mass is 9.90. The largest absolute Gasteiger partial charge is 0.481 e. The Hall–Kier alpha value is -2.05. The summed E-state index contributed by atoms with van der Waals surface area (Å²) < 4.78 is 1.86. The summed E-state index contributed by atoms with van der Waals surface area (Å²) in [5.41, 5.74) is -0.834. The maximum atomic E-state index is 12.3. The molecule has 0 aliphatic carbocycles. The molecule has 0 spiro atoms. The number of nitrogens with zero attached hydrogens (tertiary/aromatic N) is 4. The van der Waals surface area contributed by atoms with Crippen molar-refractivity contribution in [1.82, 2.24) is 19.4 Å². The van der Waals surface area contributed by atoms with Crippen LogP contribution in [0.25, 0.3) is 0 Å². The minimum absolute atomic E-state index is 0.155. The molecule has 1 fully saturated rings. The fraction of sp³-hybridized carbons (Fsp3) is 0.615. The van der Waals surface area contributed by atoms with Crippen LogP contribution in [0.3, 0.4) is 0 Å². The van der Waals surface area contributed by atoms with Crippen LogP contribution in [0.1, 0.15) is 19.2 Å². The number of amides is 2. The number of carbonyl (C=O) groups excluding carboxylic acids is 1. The smallest absolute Gasteiger partial charge is 0.320 e. The van der Waals surface area contributed by atoms with Gasteiger partial charge in [-0.3, -0.25) is 4.79 Å². The van der Waals surface area contributed by atoms with Crippen molar-refractivity contribution in [3.05, 3.63) is 18.2 Å². The van der Waals surface area contributed by atoms with Crippen LogP contribution < -0.4 is 0 Å². The topological polar surface area (TPSA) is 78.7 Å². The lowest BCUT2D eigenvalue weighted by Crippen LogP contribution is -2.41. The Labute approximate surface area is 117 Å². The van der Waals surface area contributed by atoms with E-state index in [1.165, 1.54) is 0 Å². The van der Waals surface area contributed by atoms with E-state index in [4.69, 9.17) is 0 Å². The van der Waals surface area contributed by atoms with E-state index in [2.05, 4.69) is 4.98 Å². The van der Waals surface area contributed by atoms with Crippen LogP contribution in [0, 0.1) is 5.41 Å². The Morgan fingerprint density at radius 1 is 1.55 bits per heavy atom. The van der Waals surface area contributed by atoms with Gasteiger partial charge in [0, 0.05) is 39.6 Å². The third kappa shape index (κ3) is 2.61. The van der Waals surface area contributed by atoms with Crippen molar-refractivity contribution < 1.29 is 14.7 Å². The van der Waals surface area contributed by atoms with Crippen molar-refractivity contribution in [3.8, 4) is 0 Å². The summed E-state index contributed by atoms with van der Waals surface area (Å²) in [5, 5.41) is 9.19. The monoisotopic (exact) mass is 280 g/mol. The number of hydrogen-bond acceptors (Lipinski definition) is 3. The molecular weight excluding hydrogens is 260 g/mol. The number of aryl methyl sites for hydroxylation is 1. The second-order valence-electron chi connectivity index (χ2n) is 5.63. The Bertz CT molecular complexity index is 527. The number of imidazole rings is 1. The van der Waals surface area contributed by atoms with Crippen molar-refractivity contribution in [1.29, 1.82) is 0 Å². The lowest BCUT2D eigenvalue weighted by molar-refractivity contribution is -0.147. The highest BCUT2D eigenvalue weighted by atomic mass is 16.4. The van der Waals surface area contributed by atoms with Gasteiger partial charge in [-0.25, -0.2) is 9.78 Å². The van der Waals surface area contributed by atoms with E-state index in [0.717, 1.165) is 5.82 Å². The van der Waals surface area contributed by atoms with E-state index in [0.29, 0.717) is 19.5 Å². The number of carbonyl (C=O) groups is 2. The fourth-order valence-corrected chi connectivity index (χ4v) is 2.37. The molecule has 1 aliphatic rings. The zero-order valence-electron chi connectivity index (χ0n) is 12.0. The van der Waals surface area contributed by atoms with Gasteiger partial charge in [-0.2, -0.15) is 0 Å². The first kappa shape index (κ1) is 14.4. The van der Waals surface area contributed by atoms with Gasteiger partial charge >= 0.3 is 12.0 Å². The molecule has 1 aliphatic heterocycles. The summed E-state index contributed by atoms with van der Waals surface area (Å²) in [6, 6.07) is -0.155. The van der Waals surface area contributed by atoms with Crippen molar-refractivity contribution in [2.75, 3.05) is 20.1 Å². The third-order valence-corrected chi connectivity index (χ3v) is 3.89. The molecule has 0 saturated carbocycles. The van der Waals surface area contributed by atoms with Gasteiger partial charge in [-0.05, 0) is 13.3 Å². The van der Waals surface area contributed by atoms with Gasteiger partial charge in [0.15, 0.2) is 0 Å². The molecule has 1 unspecified atom stereocenters. The Morgan fingerprint density at radius 3 is 2.75 bits per heavy atom. The van der Waals surface area contributed by atoms with E-state index in [1.54, 1.807) is 30.0 Å². The first-order chi connectivity index (χ1) is 9.33. The molecule has 2 heterocycles. The molecule has 2 amide bonds. The van der Waals surface area contributed by atoms with E-state index in [9.17, 15) is 14.7 Å². The zero-order chi connectivity index (χ0) is 14.9. The Morgan fingerprint density at radius 2 is 2.25 bits per heavy atom. The average Bonchev–Trinajstić information content (AvgIpc) is 2.97. The molecule has 0 radical (unpaired) electrons. The minimum atomic E-state index is -0.848. The van der Waals surface area contributed by atoms with Gasteiger partial charge in [0.25, 0.3) is 0 Å². The van der Waals surface area contributed by atoms with Crippen molar-refractivity contribution in [2.24, 2.45) is 12.5 Å². The molecule has 0 aromatic carbocycles. The molecule has 7 nitrogen and oxygen atoms in total. The number of aliphatic carboxylic acids is 1. The van der Waals surface area contributed by atoms with Gasteiger partial charge in [0.2, 0.25) is 0 Å². The number of carboxylic acid groups (broad SMARTS) is 1. The highest BCUT2D eigenvalue weighted by molar-refractivity contribution is 5.79. The highest BCUT2D eigenvalue weighted by Gasteiger charge is 2.42. The summed E-state index contributed by atoms with van der Waals surface area (Å²) in [6.07, 6.45) is 4.00. The number of likely N-dealkylation sites (tertiary alicyclic amines) is 1. The second-order valence-corrected chi connectivity index (χ2v) is 5.63. The van der Waals surface area contributed by atoms with E-state index in [-0.39, 0.29) is 12.6 Å². The highest BCUT2D eigenvalue weighted by Crippen LogP contribution is 2.30. The number of hydrogen-bond donors (Lipinski definition) is 1. The van der Waals surface area contributed by atoms with Crippen LogP contribution in [0.4, 0.5) is 4.79 Å². The maximum Gasteiger partial charge on any atom is 0.320 e. The summed E-state index contributed by atoms with van der Waals surface area (Å²) in [6.45, 7) is 2.82. The minimum Gasteiger partial charge on any atom is -0.481 e. The molecular formula is C13H20N4O3. The molecule has 1 aromatic heterocycles. The van der Waals surface area contributed by atoms with E-state index in [1.807, 2.05) is 17.8 Å². The molecule has 110 valence electrons. The number of urea groups is 1. The van der Waals surface area contributed by atoms with Crippen LogP contribution >= 0.6 is 0 Å². The van der Waals surface area contributed by atoms with Crippen molar-refractivity contribution >= 4 is 12.0 Å². The van der Waals surface area contributed by atoms with Crippen LogP contribution in [0.15, 0.2) is 12.4 Å². The lowest BCUT2D eigenvalue weighted by Gasteiger charge is -2.25. The summed E-state index contributed by atoms with van der Waals surface area (Å²) >= 11 is 0. The van der Waals surface area contributed by atoms with Gasteiger partial charge in [0.05, 0.1) is 12.0 Å². The standard InChI is InChI=1S/C13H20N4O3/c1-13(11(18)19)4-6-17(9-13)12(20)16(3)8-10-14-5-7-15(10)2/h5,7H,4,6,8-9H2,1-3H3,(H,18,19). The first-order valence-electron chi connectivity index (χ1n) is 6.53.